The molecule has 0 saturated heterocycles. The summed E-state index contributed by atoms with van der Waals surface area (Å²) in [7, 11) is -0.689. The largest absolute Gasteiger partial charge is 0.337 e. The van der Waals surface area contributed by atoms with E-state index in [1.165, 1.54) is 14.2 Å². The Balaban J connectivity index is 4.24. The third kappa shape index (κ3) is 5.13. The molecule has 0 saturated carbocycles. The van der Waals surface area contributed by atoms with Crippen molar-refractivity contribution < 1.29 is 18.4 Å². The second-order valence-electron chi connectivity index (χ2n) is 3.24. The Bertz CT molecular complexity index is 284. The molecule has 0 N–H and O–H groups in total. The van der Waals surface area contributed by atoms with Crippen LogP contribution in [0.5, 0.6) is 0 Å². The highest BCUT2D eigenvalue weighted by atomic mass is 31.2. The number of hydrogen-bond donors (Lipinski definition) is 0. The van der Waals surface area contributed by atoms with Crippen LogP contribution in [-0.4, -0.2) is 26.2 Å². The fraction of sp³-hybridized carbons (Fsp3) is 0.700. The van der Waals surface area contributed by atoms with Crippen molar-refractivity contribution in [2.45, 2.75) is 19.8 Å². The highest BCUT2D eigenvalue weighted by molar-refractivity contribution is 7.54. The zero-order valence-corrected chi connectivity index (χ0v) is 10.3. The topological polar surface area (TPSA) is 52.6 Å². The lowest BCUT2D eigenvalue weighted by Gasteiger charge is -2.15. The molecule has 0 aliphatic heterocycles. The van der Waals surface area contributed by atoms with Gasteiger partial charge < -0.3 is 9.05 Å². The number of rotatable bonds is 7. The summed E-state index contributed by atoms with van der Waals surface area (Å²) in [6.45, 7) is 1.76. The first kappa shape index (κ1) is 14.4. The first-order valence-electron chi connectivity index (χ1n) is 4.65. The molecule has 0 aliphatic rings. The molecule has 0 aromatic heterocycles. The predicted molar refractivity (Wildman–Crippen MR) is 58.7 cm³/mol. The van der Waals surface area contributed by atoms with Crippen LogP contribution in [-0.2, 0) is 18.4 Å². The maximum absolute atomic E-state index is 11.6. The Morgan fingerprint density at radius 2 is 2.00 bits per heavy atom. The van der Waals surface area contributed by atoms with Crippen molar-refractivity contribution >= 4 is 13.4 Å². The summed E-state index contributed by atoms with van der Waals surface area (Å²) in [5.41, 5.74) is 0. The van der Waals surface area contributed by atoms with Crippen LogP contribution in [0, 0.1) is 18.3 Å². The van der Waals surface area contributed by atoms with Crippen LogP contribution in [0.15, 0.2) is 0 Å². The summed E-state index contributed by atoms with van der Waals surface area (Å²) < 4.78 is 21.0. The first-order valence-corrected chi connectivity index (χ1v) is 6.38. The highest BCUT2D eigenvalue weighted by Gasteiger charge is 2.27. The molecule has 4 nitrogen and oxygen atoms in total. The Morgan fingerprint density at radius 3 is 2.40 bits per heavy atom. The minimum atomic E-state index is -3.22. The quantitative estimate of drug-likeness (QED) is 0.498. The van der Waals surface area contributed by atoms with Gasteiger partial charge in [-0.15, -0.1) is 12.3 Å². The molecular weight excluding hydrogens is 215 g/mol. The molecule has 0 aromatic rings. The normalized spacial score (nSPS) is 13.2. The summed E-state index contributed by atoms with van der Waals surface area (Å²) in [5, 5.41) is 0. The molecule has 5 heteroatoms. The lowest BCUT2D eigenvalue weighted by Crippen LogP contribution is -2.16. The van der Waals surface area contributed by atoms with E-state index in [4.69, 9.17) is 6.42 Å². The molecule has 0 rings (SSSR count). The van der Waals surface area contributed by atoms with E-state index < -0.39 is 7.60 Å². The van der Waals surface area contributed by atoms with Gasteiger partial charge in [0.1, 0.15) is 11.9 Å². The third-order valence-corrected chi connectivity index (χ3v) is 3.99. The molecule has 0 fully saturated rings. The van der Waals surface area contributed by atoms with E-state index in [1.807, 2.05) is 0 Å². The number of ketones is 1. The summed E-state index contributed by atoms with van der Waals surface area (Å²) >= 11 is 0. The van der Waals surface area contributed by atoms with Crippen molar-refractivity contribution in [2.75, 3.05) is 20.4 Å². The Kier molecular flexibility index (Phi) is 6.51. The fourth-order valence-electron chi connectivity index (χ4n) is 1.01. The van der Waals surface area contributed by atoms with Crippen LogP contribution in [0.3, 0.4) is 0 Å². The van der Waals surface area contributed by atoms with Crippen LogP contribution >= 0.6 is 7.60 Å². The SMILES string of the molecule is C#CCCC(C)C(=O)CP(=O)(OC)OC. The molecule has 0 heterocycles. The third-order valence-electron chi connectivity index (χ3n) is 2.18. The lowest BCUT2D eigenvalue weighted by molar-refractivity contribution is -0.120. The van der Waals surface area contributed by atoms with Crippen LogP contribution in [0.4, 0.5) is 0 Å². The number of hydrogen-bond acceptors (Lipinski definition) is 4. The average molecular weight is 232 g/mol. The van der Waals surface area contributed by atoms with Crippen molar-refractivity contribution in [1.82, 2.24) is 0 Å². The van der Waals surface area contributed by atoms with Crippen LogP contribution < -0.4 is 0 Å². The number of carbonyl (C=O) groups is 1. The van der Waals surface area contributed by atoms with E-state index in [1.54, 1.807) is 6.92 Å². The Hall–Kier alpha value is -0.620. The van der Waals surface area contributed by atoms with Crippen LogP contribution in [0.1, 0.15) is 19.8 Å². The maximum Gasteiger partial charge on any atom is 0.337 e. The number of terminal acetylenes is 1. The fourth-order valence-corrected chi connectivity index (χ4v) is 2.11. The van der Waals surface area contributed by atoms with Gasteiger partial charge in [0.25, 0.3) is 0 Å². The van der Waals surface area contributed by atoms with Gasteiger partial charge in [-0.05, 0) is 6.42 Å². The van der Waals surface area contributed by atoms with E-state index in [2.05, 4.69) is 15.0 Å². The molecule has 0 radical (unpaired) electrons. The Morgan fingerprint density at radius 1 is 1.47 bits per heavy atom. The van der Waals surface area contributed by atoms with E-state index >= 15 is 0 Å². The van der Waals surface area contributed by atoms with E-state index in [0.29, 0.717) is 12.8 Å². The second-order valence-corrected chi connectivity index (χ2v) is 5.51. The standard InChI is InChI=1S/C10H17O4P/c1-5-6-7-9(2)10(11)8-15(12,13-3)14-4/h1,9H,6-8H2,2-4H3. The first-order chi connectivity index (χ1) is 6.99. The molecule has 1 atom stereocenters. The minimum Gasteiger partial charge on any atom is -0.312 e. The molecule has 0 amide bonds. The molecule has 86 valence electrons. The molecule has 0 aromatic carbocycles. The number of Topliss-reactive ketones (excluding diaryl/α,β-unsaturated/α-hetero) is 1. The van der Waals surface area contributed by atoms with Crippen molar-refractivity contribution in [2.24, 2.45) is 5.92 Å². The smallest absolute Gasteiger partial charge is 0.312 e. The van der Waals surface area contributed by atoms with E-state index in [9.17, 15) is 9.36 Å². The van der Waals surface area contributed by atoms with Crippen molar-refractivity contribution in [3.8, 4) is 12.3 Å². The lowest BCUT2D eigenvalue weighted by atomic mass is 10.0. The van der Waals surface area contributed by atoms with Crippen LogP contribution in [0.2, 0.25) is 0 Å². The van der Waals surface area contributed by atoms with Gasteiger partial charge in [0, 0.05) is 26.6 Å². The van der Waals surface area contributed by atoms with Crippen molar-refractivity contribution in [1.29, 1.82) is 0 Å². The highest BCUT2D eigenvalue weighted by Crippen LogP contribution is 2.46. The van der Waals surface area contributed by atoms with Gasteiger partial charge in [0.15, 0.2) is 0 Å². The van der Waals surface area contributed by atoms with Gasteiger partial charge in [-0.3, -0.25) is 9.36 Å². The summed E-state index contributed by atoms with van der Waals surface area (Å²) in [6.07, 6.45) is 6.04. The molecular formula is C10H17O4P. The summed E-state index contributed by atoms with van der Waals surface area (Å²) in [5.74, 6) is 2.11. The number of carbonyl (C=O) groups excluding carboxylic acids is 1. The molecule has 0 spiro atoms. The molecule has 0 aliphatic carbocycles. The minimum absolute atomic E-state index is 0.141. The van der Waals surface area contributed by atoms with E-state index in [-0.39, 0.29) is 17.9 Å². The maximum atomic E-state index is 11.6. The van der Waals surface area contributed by atoms with Crippen molar-refractivity contribution in [3.05, 3.63) is 0 Å². The van der Waals surface area contributed by atoms with Gasteiger partial charge in [0.2, 0.25) is 0 Å². The van der Waals surface area contributed by atoms with Gasteiger partial charge in [-0.25, -0.2) is 0 Å². The summed E-state index contributed by atoms with van der Waals surface area (Å²) in [4.78, 5) is 11.6. The van der Waals surface area contributed by atoms with E-state index in [0.717, 1.165) is 0 Å². The van der Waals surface area contributed by atoms with Gasteiger partial charge in [-0.2, -0.15) is 0 Å². The van der Waals surface area contributed by atoms with Gasteiger partial charge in [-0.1, -0.05) is 6.92 Å². The Labute approximate surface area is 90.9 Å². The predicted octanol–water partition coefficient (Wildman–Crippen LogP) is 2.09. The molecule has 1 unspecified atom stereocenters. The molecule has 0 bridgehead atoms. The average Bonchev–Trinajstić information content (AvgIpc) is 2.25. The van der Waals surface area contributed by atoms with Gasteiger partial charge in [0.05, 0.1) is 0 Å². The molecule has 15 heavy (non-hydrogen) atoms. The van der Waals surface area contributed by atoms with Gasteiger partial charge >= 0.3 is 7.60 Å². The second kappa shape index (κ2) is 6.79. The zero-order valence-electron chi connectivity index (χ0n) is 9.36. The summed E-state index contributed by atoms with van der Waals surface area (Å²) in [6, 6.07) is 0. The monoisotopic (exact) mass is 232 g/mol. The van der Waals surface area contributed by atoms with Crippen molar-refractivity contribution in [3.63, 3.8) is 0 Å². The zero-order chi connectivity index (χ0) is 11.9. The van der Waals surface area contributed by atoms with Crippen LogP contribution in [0.25, 0.3) is 0 Å².